The highest BCUT2D eigenvalue weighted by molar-refractivity contribution is 5.77. The first kappa shape index (κ1) is 16.5. The number of amides is 1. The van der Waals surface area contributed by atoms with Gasteiger partial charge in [0.25, 0.3) is 5.91 Å². The van der Waals surface area contributed by atoms with E-state index in [9.17, 15) is 9.90 Å². The fraction of sp³-hybridized carbons (Fsp3) is 0.562. The third kappa shape index (κ3) is 5.21. The number of aliphatic hydroxyl groups excluding tert-OH is 1. The molecule has 0 aliphatic rings. The summed E-state index contributed by atoms with van der Waals surface area (Å²) in [5.74, 6) is 1.04. The van der Waals surface area contributed by atoms with Crippen LogP contribution in [0.2, 0.25) is 0 Å². The maximum atomic E-state index is 11.9. The third-order valence-electron chi connectivity index (χ3n) is 3.20. The SMILES string of the molecule is CC(O)CCN(C)C(=O)COc1ccccc1C(C)C. The van der Waals surface area contributed by atoms with Crippen molar-refractivity contribution in [1.29, 1.82) is 0 Å². The Morgan fingerprint density at radius 3 is 2.55 bits per heavy atom. The summed E-state index contributed by atoms with van der Waals surface area (Å²) in [5.41, 5.74) is 1.10. The van der Waals surface area contributed by atoms with Crippen LogP contribution < -0.4 is 4.74 Å². The van der Waals surface area contributed by atoms with Gasteiger partial charge in [0.1, 0.15) is 5.75 Å². The second kappa shape index (κ2) is 7.90. The molecule has 4 heteroatoms. The summed E-state index contributed by atoms with van der Waals surface area (Å²) in [6.45, 7) is 6.47. The predicted octanol–water partition coefficient (Wildman–Crippen LogP) is 2.42. The minimum Gasteiger partial charge on any atom is -0.483 e. The predicted molar refractivity (Wildman–Crippen MR) is 80.0 cm³/mol. The normalized spacial score (nSPS) is 12.3. The van der Waals surface area contributed by atoms with E-state index < -0.39 is 6.10 Å². The quantitative estimate of drug-likeness (QED) is 0.834. The van der Waals surface area contributed by atoms with Gasteiger partial charge in [0, 0.05) is 13.6 Å². The first-order valence-corrected chi connectivity index (χ1v) is 7.05. The lowest BCUT2D eigenvalue weighted by Crippen LogP contribution is -2.33. The molecular weight excluding hydrogens is 254 g/mol. The molecule has 1 aromatic carbocycles. The minimum absolute atomic E-state index is 0.0278. The number of ether oxygens (including phenoxy) is 1. The highest BCUT2D eigenvalue weighted by Gasteiger charge is 2.12. The van der Waals surface area contributed by atoms with Crippen molar-refractivity contribution in [1.82, 2.24) is 4.90 Å². The summed E-state index contributed by atoms with van der Waals surface area (Å²) >= 11 is 0. The van der Waals surface area contributed by atoms with Crippen molar-refractivity contribution >= 4 is 5.91 Å². The molecule has 1 atom stereocenters. The lowest BCUT2D eigenvalue weighted by molar-refractivity contribution is -0.132. The van der Waals surface area contributed by atoms with Crippen molar-refractivity contribution in [2.75, 3.05) is 20.2 Å². The number of carbonyl (C=O) groups excluding carboxylic acids is 1. The largest absolute Gasteiger partial charge is 0.483 e. The molecule has 0 aromatic heterocycles. The van der Waals surface area contributed by atoms with E-state index in [4.69, 9.17) is 4.74 Å². The van der Waals surface area contributed by atoms with Crippen LogP contribution >= 0.6 is 0 Å². The molecule has 0 aliphatic carbocycles. The highest BCUT2D eigenvalue weighted by atomic mass is 16.5. The molecule has 1 unspecified atom stereocenters. The van der Waals surface area contributed by atoms with Gasteiger partial charge in [-0.3, -0.25) is 4.79 Å². The van der Waals surface area contributed by atoms with Crippen molar-refractivity contribution in [3.05, 3.63) is 29.8 Å². The van der Waals surface area contributed by atoms with E-state index in [0.29, 0.717) is 18.9 Å². The van der Waals surface area contributed by atoms with E-state index in [1.54, 1.807) is 18.9 Å². The molecule has 0 radical (unpaired) electrons. The molecule has 0 saturated heterocycles. The van der Waals surface area contributed by atoms with E-state index in [0.717, 1.165) is 11.3 Å². The van der Waals surface area contributed by atoms with Crippen LogP contribution in [0.4, 0.5) is 0 Å². The van der Waals surface area contributed by atoms with Gasteiger partial charge in [0.15, 0.2) is 6.61 Å². The molecule has 0 saturated carbocycles. The number of carbonyl (C=O) groups is 1. The summed E-state index contributed by atoms with van der Waals surface area (Å²) < 4.78 is 5.63. The number of hydrogen-bond acceptors (Lipinski definition) is 3. The van der Waals surface area contributed by atoms with Gasteiger partial charge in [-0.2, -0.15) is 0 Å². The number of nitrogens with zero attached hydrogens (tertiary/aromatic N) is 1. The number of rotatable bonds is 7. The number of aliphatic hydroxyl groups is 1. The smallest absolute Gasteiger partial charge is 0.260 e. The van der Waals surface area contributed by atoms with Crippen LogP contribution in [0.1, 0.15) is 38.7 Å². The molecule has 112 valence electrons. The molecule has 0 heterocycles. The Morgan fingerprint density at radius 1 is 1.30 bits per heavy atom. The lowest BCUT2D eigenvalue weighted by atomic mass is 10.0. The van der Waals surface area contributed by atoms with Gasteiger partial charge in [-0.15, -0.1) is 0 Å². The zero-order valence-corrected chi connectivity index (χ0v) is 12.8. The van der Waals surface area contributed by atoms with Crippen LogP contribution in [0.5, 0.6) is 5.75 Å². The molecule has 1 aromatic rings. The van der Waals surface area contributed by atoms with Crippen LogP contribution in [0, 0.1) is 0 Å². The van der Waals surface area contributed by atoms with E-state index in [-0.39, 0.29) is 12.5 Å². The first-order chi connectivity index (χ1) is 9.41. The second-order valence-corrected chi connectivity index (χ2v) is 5.43. The van der Waals surface area contributed by atoms with E-state index in [2.05, 4.69) is 13.8 Å². The molecule has 0 bridgehead atoms. The Morgan fingerprint density at radius 2 is 1.95 bits per heavy atom. The van der Waals surface area contributed by atoms with Crippen LogP contribution in [0.15, 0.2) is 24.3 Å². The number of likely N-dealkylation sites (N-methyl/N-ethyl adjacent to an activating group) is 1. The fourth-order valence-corrected chi connectivity index (χ4v) is 1.84. The number of benzene rings is 1. The van der Waals surface area contributed by atoms with Crippen LogP contribution in [0.25, 0.3) is 0 Å². The van der Waals surface area contributed by atoms with Gasteiger partial charge in [-0.1, -0.05) is 32.0 Å². The Bertz CT molecular complexity index is 429. The van der Waals surface area contributed by atoms with Crippen molar-refractivity contribution in [2.24, 2.45) is 0 Å². The molecule has 1 amide bonds. The average Bonchev–Trinajstić information content (AvgIpc) is 2.42. The molecule has 0 aliphatic heterocycles. The summed E-state index contributed by atoms with van der Waals surface area (Å²) in [6.07, 6.45) is 0.179. The zero-order valence-electron chi connectivity index (χ0n) is 12.8. The molecule has 1 rings (SSSR count). The highest BCUT2D eigenvalue weighted by Crippen LogP contribution is 2.25. The van der Waals surface area contributed by atoms with Gasteiger partial charge in [-0.05, 0) is 30.9 Å². The lowest BCUT2D eigenvalue weighted by Gasteiger charge is -2.19. The van der Waals surface area contributed by atoms with Gasteiger partial charge >= 0.3 is 0 Å². The average molecular weight is 279 g/mol. The van der Waals surface area contributed by atoms with Crippen molar-refractivity contribution in [2.45, 2.75) is 39.2 Å². The number of hydrogen-bond donors (Lipinski definition) is 1. The van der Waals surface area contributed by atoms with Crippen LogP contribution in [0.3, 0.4) is 0 Å². The molecule has 1 N–H and O–H groups in total. The molecular formula is C16H25NO3. The fourth-order valence-electron chi connectivity index (χ4n) is 1.84. The van der Waals surface area contributed by atoms with Gasteiger partial charge in [-0.25, -0.2) is 0 Å². The van der Waals surface area contributed by atoms with Gasteiger partial charge in [0.2, 0.25) is 0 Å². The maximum absolute atomic E-state index is 11.9. The van der Waals surface area contributed by atoms with Crippen molar-refractivity contribution in [3.63, 3.8) is 0 Å². The minimum atomic E-state index is -0.396. The summed E-state index contributed by atoms with van der Waals surface area (Å²) in [5, 5.41) is 9.22. The summed E-state index contributed by atoms with van der Waals surface area (Å²) in [4.78, 5) is 13.5. The Hall–Kier alpha value is -1.55. The molecule has 4 nitrogen and oxygen atoms in total. The standard InChI is InChI=1S/C16H25NO3/c1-12(2)14-7-5-6-8-15(14)20-11-16(19)17(4)10-9-13(3)18/h5-8,12-13,18H,9-11H2,1-4H3. The van der Waals surface area contributed by atoms with E-state index in [1.165, 1.54) is 0 Å². The Kier molecular flexibility index (Phi) is 6.52. The van der Waals surface area contributed by atoms with Gasteiger partial charge < -0.3 is 14.7 Å². The molecule has 0 fully saturated rings. The topological polar surface area (TPSA) is 49.8 Å². The monoisotopic (exact) mass is 279 g/mol. The Labute approximate surface area is 121 Å². The second-order valence-electron chi connectivity index (χ2n) is 5.43. The van der Waals surface area contributed by atoms with Crippen LogP contribution in [-0.2, 0) is 4.79 Å². The summed E-state index contributed by atoms with van der Waals surface area (Å²) in [6, 6.07) is 7.78. The van der Waals surface area contributed by atoms with E-state index >= 15 is 0 Å². The summed E-state index contributed by atoms with van der Waals surface area (Å²) in [7, 11) is 1.72. The maximum Gasteiger partial charge on any atom is 0.260 e. The van der Waals surface area contributed by atoms with Gasteiger partial charge in [0.05, 0.1) is 6.10 Å². The molecule has 0 spiro atoms. The van der Waals surface area contributed by atoms with Crippen LogP contribution in [-0.4, -0.2) is 42.2 Å². The molecule has 20 heavy (non-hydrogen) atoms. The van der Waals surface area contributed by atoms with Crippen molar-refractivity contribution < 1.29 is 14.6 Å². The van der Waals surface area contributed by atoms with E-state index in [1.807, 2.05) is 24.3 Å². The number of para-hydroxylation sites is 1. The third-order valence-corrected chi connectivity index (χ3v) is 3.20. The zero-order chi connectivity index (χ0) is 15.1. The Balaban J connectivity index is 2.52. The first-order valence-electron chi connectivity index (χ1n) is 7.05. The van der Waals surface area contributed by atoms with Crippen molar-refractivity contribution in [3.8, 4) is 5.75 Å².